The van der Waals surface area contributed by atoms with Gasteiger partial charge in [-0.3, -0.25) is 4.79 Å². The number of aromatic nitrogens is 1. The number of rotatable bonds is 3. The Morgan fingerprint density at radius 2 is 2.29 bits per heavy atom. The van der Waals surface area contributed by atoms with Crippen molar-refractivity contribution in [1.29, 1.82) is 0 Å². The SMILES string of the molecule is COC(=O)C(c1cc(Br)no1)C(C)C. The van der Waals surface area contributed by atoms with E-state index in [9.17, 15) is 4.79 Å². The zero-order valence-electron chi connectivity index (χ0n) is 8.28. The van der Waals surface area contributed by atoms with E-state index in [1.54, 1.807) is 6.07 Å². The van der Waals surface area contributed by atoms with Gasteiger partial charge in [0.2, 0.25) is 0 Å². The fourth-order valence-electron chi connectivity index (χ4n) is 1.26. The Bertz CT molecular complexity index is 322. The molecule has 0 N–H and O–H groups in total. The van der Waals surface area contributed by atoms with Gasteiger partial charge < -0.3 is 9.26 Å². The van der Waals surface area contributed by atoms with Crippen molar-refractivity contribution in [3.05, 3.63) is 16.4 Å². The Morgan fingerprint density at radius 1 is 1.64 bits per heavy atom. The van der Waals surface area contributed by atoms with Crippen LogP contribution < -0.4 is 0 Å². The van der Waals surface area contributed by atoms with Crippen LogP contribution in [0.1, 0.15) is 25.5 Å². The monoisotopic (exact) mass is 261 g/mol. The van der Waals surface area contributed by atoms with Crippen LogP contribution in [0.4, 0.5) is 0 Å². The van der Waals surface area contributed by atoms with E-state index < -0.39 is 5.92 Å². The van der Waals surface area contributed by atoms with Gasteiger partial charge in [-0.1, -0.05) is 19.0 Å². The van der Waals surface area contributed by atoms with Gasteiger partial charge >= 0.3 is 5.97 Å². The average Bonchev–Trinajstić information content (AvgIpc) is 2.51. The molecule has 0 aromatic carbocycles. The third-order valence-electron chi connectivity index (χ3n) is 1.93. The predicted octanol–water partition coefficient (Wildman–Crippen LogP) is 2.35. The maximum Gasteiger partial charge on any atom is 0.316 e. The summed E-state index contributed by atoms with van der Waals surface area (Å²) in [4.78, 5) is 11.4. The molecule has 78 valence electrons. The highest BCUT2D eigenvalue weighted by molar-refractivity contribution is 9.10. The van der Waals surface area contributed by atoms with Crippen molar-refractivity contribution in [2.75, 3.05) is 7.11 Å². The highest BCUT2D eigenvalue weighted by atomic mass is 79.9. The van der Waals surface area contributed by atoms with Crippen LogP contribution in [0, 0.1) is 5.92 Å². The highest BCUT2D eigenvalue weighted by Crippen LogP contribution is 2.27. The minimum Gasteiger partial charge on any atom is -0.468 e. The van der Waals surface area contributed by atoms with Crippen LogP contribution in [0.25, 0.3) is 0 Å². The normalized spacial score (nSPS) is 12.9. The number of hydrogen-bond acceptors (Lipinski definition) is 4. The molecule has 0 saturated carbocycles. The first-order chi connectivity index (χ1) is 6.56. The number of carbonyl (C=O) groups is 1. The maximum absolute atomic E-state index is 11.4. The van der Waals surface area contributed by atoms with E-state index in [-0.39, 0.29) is 11.9 Å². The van der Waals surface area contributed by atoms with Crippen LogP contribution in [0.5, 0.6) is 0 Å². The Labute approximate surface area is 90.7 Å². The fourth-order valence-corrected chi connectivity index (χ4v) is 1.55. The molecule has 1 heterocycles. The smallest absolute Gasteiger partial charge is 0.316 e. The zero-order valence-corrected chi connectivity index (χ0v) is 9.87. The second kappa shape index (κ2) is 4.59. The third kappa shape index (κ3) is 2.35. The van der Waals surface area contributed by atoms with E-state index in [0.29, 0.717) is 10.4 Å². The molecule has 0 saturated heterocycles. The lowest BCUT2D eigenvalue weighted by molar-refractivity contribution is -0.144. The molecule has 0 radical (unpaired) electrons. The number of carbonyl (C=O) groups excluding carboxylic acids is 1. The van der Waals surface area contributed by atoms with Gasteiger partial charge in [0.15, 0.2) is 5.76 Å². The second-order valence-electron chi connectivity index (χ2n) is 3.30. The zero-order chi connectivity index (χ0) is 10.7. The van der Waals surface area contributed by atoms with Crippen molar-refractivity contribution in [3.8, 4) is 0 Å². The summed E-state index contributed by atoms with van der Waals surface area (Å²) in [7, 11) is 1.36. The van der Waals surface area contributed by atoms with Crippen molar-refractivity contribution in [2.24, 2.45) is 5.92 Å². The standard InChI is InChI=1S/C9H12BrNO3/c1-5(2)8(9(12)13-3)6-4-7(10)11-14-6/h4-5,8H,1-3H3. The molecule has 1 atom stereocenters. The van der Waals surface area contributed by atoms with Crippen molar-refractivity contribution in [2.45, 2.75) is 19.8 Å². The van der Waals surface area contributed by atoms with Gasteiger partial charge in [0, 0.05) is 6.07 Å². The second-order valence-corrected chi connectivity index (χ2v) is 4.11. The first-order valence-electron chi connectivity index (χ1n) is 4.26. The van der Waals surface area contributed by atoms with Crippen molar-refractivity contribution in [3.63, 3.8) is 0 Å². The lowest BCUT2D eigenvalue weighted by atomic mass is 9.93. The molecule has 1 aromatic rings. The molecule has 0 bridgehead atoms. The molecule has 0 aliphatic rings. The Morgan fingerprint density at radius 3 is 2.64 bits per heavy atom. The number of hydrogen-bond donors (Lipinski definition) is 0. The molecule has 1 rings (SSSR count). The summed E-state index contributed by atoms with van der Waals surface area (Å²) in [5, 5.41) is 3.67. The van der Waals surface area contributed by atoms with Gasteiger partial charge in [0.25, 0.3) is 0 Å². The van der Waals surface area contributed by atoms with Crippen LogP contribution >= 0.6 is 15.9 Å². The number of methoxy groups -OCH3 is 1. The van der Waals surface area contributed by atoms with Crippen LogP contribution in [-0.4, -0.2) is 18.2 Å². The highest BCUT2D eigenvalue weighted by Gasteiger charge is 2.28. The van der Waals surface area contributed by atoms with E-state index in [1.165, 1.54) is 7.11 Å². The molecule has 0 spiro atoms. The van der Waals surface area contributed by atoms with Crippen molar-refractivity contribution >= 4 is 21.9 Å². The Kier molecular flexibility index (Phi) is 3.69. The minimum absolute atomic E-state index is 0.113. The molecule has 5 heteroatoms. The predicted molar refractivity (Wildman–Crippen MR) is 53.8 cm³/mol. The number of esters is 1. The summed E-state index contributed by atoms with van der Waals surface area (Å²) in [6.07, 6.45) is 0. The van der Waals surface area contributed by atoms with E-state index in [1.807, 2.05) is 13.8 Å². The molecule has 1 aromatic heterocycles. The van der Waals surface area contributed by atoms with Crippen molar-refractivity contribution in [1.82, 2.24) is 5.16 Å². The topological polar surface area (TPSA) is 52.3 Å². The molecule has 1 unspecified atom stereocenters. The summed E-state index contributed by atoms with van der Waals surface area (Å²) < 4.78 is 10.3. The summed E-state index contributed by atoms with van der Waals surface area (Å²) in [6.45, 7) is 3.86. The Hall–Kier alpha value is -0.840. The van der Waals surface area contributed by atoms with Crippen molar-refractivity contribution < 1.29 is 14.1 Å². The molecule has 0 aliphatic heterocycles. The van der Waals surface area contributed by atoms with E-state index in [4.69, 9.17) is 9.26 Å². The van der Waals surface area contributed by atoms with Crippen LogP contribution in [0.15, 0.2) is 15.2 Å². The third-order valence-corrected chi connectivity index (χ3v) is 2.30. The lowest BCUT2D eigenvalue weighted by Crippen LogP contribution is -2.18. The summed E-state index contributed by atoms with van der Waals surface area (Å²) in [5.41, 5.74) is 0. The fraction of sp³-hybridized carbons (Fsp3) is 0.556. The van der Waals surface area contributed by atoms with Gasteiger partial charge in [-0.2, -0.15) is 0 Å². The van der Waals surface area contributed by atoms with Crippen LogP contribution in [0.3, 0.4) is 0 Å². The maximum atomic E-state index is 11.4. The molecule has 0 amide bonds. The van der Waals surface area contributed by atoms with E-state index in [2.05, 4.69) is 21.1 Å². The Balaban J connectivity index is 2.94. The van der Waals surface area contributed by atoms with E-state index in [0.717, 1.165) is 0 Å². The first kappa shape index (κ1) is 11.2. The number of halogens is 1. The minimum atomic E-state index is -0.390. The lowest BCUT2D eigenvalue weighted by Gasteiger charge is -2.14. The molecular weight excluding hydrogens is 250 g/mol. The molecule has 0 fully saturated rings. The van der Waals surface area contributed by atoms with Gasteiger partial charge in [0.05, 0.1) is 7.11 Å². The number of ether oxygens (including phenoxy) is 1. The first-order valence-corrected chi connectivity index (χ1v) is 5.05. The van der Waals surface area contributed by atoms with Gasteiger partial charge in [-0.15, -0.1) is 0 Å². The summed E-state index contributed by atoms with van der Waals surface area (Å²) >= 11 is 3.16. The molecule has 4 nitrogen and oxygen atoms in total. The molecule has 14 heavy (non-hydrogen) atoms. The summed E-state index contributed by atoms with van der Waals surface area (Å²) in [6, 6.07) is 1.68. The van der Waals surface area contributed by atoms with Gasteiger partial charge in [0.1, 0.15) is 10.5 Å². The molecular formula is C9H12BrNO3. The van der Waals surface area contributed by atoms with Gasteiger partial charge in [-0.25, -0.2) is 0 Å². The average molecular weight is 262 g/mol. The van der Waals surface area contributed by atoms with E-state index >= 15 is 0 Å². The van der Waals surface area contributed by atoms with Crippen LogP contribution in [0.2, 0.25) is 0 Å². The summed E-state index contributed by atoms with van der Waals surface area (Å²) in [5.74, 6) is -0.0523. The largest absolute Gasteiger partial charge is 0.468 e. The quantitative estimate of drug-likeness (QED) is 0.784. The molecule has 0 aliphatic carbocycles. The van der Waals surface area contributed by atoms with Crippen LogP contribution in [-0.2, 0) is 9.53 Å². The van der Waals surface area contributed by atoms with Gasteiger partial charge in [-0.05, 0) is 21.8 Å². The number of nitrogens with zero attached hydrogens (tertiary/aromatic N) is 1.